The van der Waals surface area contributed by atoms with Gasteiger partial charge in [-0.05, 0) is 43.3 Å². The minimum Gasteiger partial charge on any atom is -0.497 e. The van der Waals surface area contributed by atoms with E-state index in [1.165, 1.54) is 0 Å². The van der Waals surface area contributed by atoms with Gasteiger partial charge in [0.2, 0.25) is 5.91 Å². The molecule has 6 heteroatoms. The number of anilines is 2. The number of methoxy groups -OCH3 is 2. The van der Waals surface area contributed by atoms with Gasteiger partial charge in [-0.3, -0.25) is 4.79 Å². The first-order chi connectivity index (χ1) is 11.0. The molecule has 0 unspecified atom stereocenters. The largest absolute Gasteiger partial charge is 0.497 e. The first kappa shape index (κ1) is 17.0. The molecule has 0 aliphatic rings. The van der Waals surface area contributed by atoms with Gasteiger partial charge in [0.25, 0.3) is 0 Å². The van der Waals surface area contributed by atoms with Crippen LogP contribution in [0.2, 0.25) is 5.02 Å². The van der Waals surface area contributed by atoms with Crippen LogP contribution < -0.4 is 20.1 Å². The highest BCUT2D eigenvalue weighted by atomic mass is 35.5. The maximum Gasteiger partial charge on any atom is 0.246 e. The molecule has 0 heterocycles. The SMILES string of the molecule is COc1ccc(N[C@H](C)C(=O)Nc2ccc(Cl)cc2)c(OC)c1. The van der Waals surface area contributed by atoms with E-state index < -0.39 is 6.04 Å². The Bertz CT molecular complexity index is 674. The summed E-state index contributed by atoms with van der Waals surface area (Å²) in [6, 6.07) is 11.9. The highest BCUT2D eigenvalue weighted by Crippen LogP contribution is 2.29. The van der Waals surface area contributed by atoms with Crippen LogP contribution in [0.15, 0.2) is 42.5 Å². The topological polar surface area (TPSA) is 59.6 Å². The molecule has 0 aliphatic carbocycles. The first-order valence-electron chi connectivity index (χ1n) is 7.08. The quantitative estimate of drug-likeness (QED) is 0.843. The van der Waals surface area contributed by atoms with Crippen molar-refractivity contribution in [3.63, 3.8) is 0 Å². The molecule has 2 rings (SSSR count). The van der Waals surface area contributed by atoms with E-state index in [0.717, 1.165) is 0 Å². The van der Waals surface area contributed by atoms with Gasteiger partial charge < -0.3 is 20.1 Å². The highest BCUT2D eigenvalue weighted by molar-refractivity contribution is 6.30. The molecule has 0 saturated carbocycles. The molecule has 0 fully saturated rings. The molecule has 2 aromatic rings. The molecule has 0 saturated heterocycles. The molecule has 0 bridgehead atoms. The summed E-state index contributed by atoms with van der Waals surface area (Å²) in [5.74, 6) is 1.13. The minimum absolute atomic E-state index is 0.162. The second-order valence-electron chi connectivity index (χ2n) is 4.93. The van der Waals surface area contributed by atoms with Gasteiger partial charge in [-0.15, -0.1) is 0 Å². The van der Waals surface area contributed by atoms with Gasteiger partial charge in [0.05, 0.1) is 19.9 Å². The van der Waals surface area contributed by atoms with Crippen molar-refractivity contribution in [2.75, 3.05) is 24.9 Å². The van der Waals surface area contributed by atoms with E-state index in [0.29, 0.717) is 27.9 Å². The molecule has 0 spiro atoms. The number of carbonyl (C=O) groups is 1. The number of rotatable bonds is 6. The Hall–Kier alpha value is -2.40. The predicted octanol–water partition coefficient (Wildman–Crippen LogP) is 3.80. The molecule has 0 radical (unpaired) electrons. The molecule has 122 valence electrons. The maximum absolute atomic E-state index is 12.3. The summed E-state index contributed by atoms with van der Waals surface area (Å²) in [5, 5.41) is 6.57. The van der Waals surface area contributed by atoms with E-state index in [1.807, 2.05) is 6.07 Å². The molecule has 1 atom stereocenters. The Morgan fingerprint density at radius 3 is 2.39 bits per heavy atom. The second kappa shape index (κ2) is 7.74. The molecular formula is C17H19ClN2O3. The molecule has 2 aromatic carbocycles. The zero-order valence-electron chi connectivity index (χ0n) is 13.2. The van der Waals surface area contributed by atoms with Gasteiger partial charge in [0, 0.05) is 16.8 Å². The van der Waals surface area contributed by atoms with Gasteiger partial charge in [0.1, 0.15) is 17.5 Å². The Kier molecular flexibility index (Phi) is 5.71. The van der Waals surface area contributed by atoms with Crippen LogP contribution in [0.3, 0.4) is 0 Å². The number of hydrogen-bond donors (Lipinski definition) is 2. The smallest absolute Gasteiger partial charge is 0.246 e. The Morgan fingerprint density at radius 1 is 1.09 bits per heavy atom. The van der Waals surface area contributed by atoms with Crippen molar-refractivity contribution in [2.24, 2.45) is 0 Å². The van der Waals surface area contributed by atoms with E-state index in [1.54, 1.807) is 57.5 Å². The standard InChI is InChI=1S/C17H19ClN2O3/c1-11(17(21)20-13-6-4-12(18)5-7-13)19-15-9-8-14(22-2)10-16(15)23-3/h4-11,19H,1-3H3,(H,20,21)/t11-/m1/s1. The minimum atomic E-state index is -0.451. The van der Waals surface area contributed by atoms with Gasteiger partial charge >= 0.3 is 0 Å². The van der Waals surface area contributed by atoms with Crippen LogP contribution in [0.5, 0.6) is 11.5 Å². The van der Waals surface area contributed by atoms with Crippen molar-refractivity contribution in [3.8, 4) is 11.5 Å². The number of hydrogen-bond acceptors (Lipinski definition) is 4. The van der Waals surface area contributed by atoms with Crippen LogP contribution in [0.25, 0.3) is 0 Å². The lowest BCUT2D eigenvalue weighted by molar-refractivity contribution is -0.116. The average Bonchev–Trinajstić information content (AvgIpc) is 2.57. The van der Waals surface area contributed by atoms with Crippen molar-refractivity contribution >= 4 is 28.9 Å². The van der Waals surface area contributed by atoms with E-state index in [9.17, 15) is 4.79 Å². The third-order valence-corrected chi connectivity index (χ3v) is 3.54. The lowest BCUT2D eigenvalue weighted by Crippen LogP contribution is -2.32. The summed E-state index contributed by atoms with van der Waals surface area (Å²) in [6.07, 6.45) is 0. The van der Waals surface area contributed by atoms with Gasteiger partial charge in [-0.1, -0.05) is 11.6 Å². The van der Waals surface area contributed by atoms with E-state index in [4.69, 9.17) is 21.1 Å². The molecule has 0 aliphatic heterocycles. The summed E-state index contributed by atoms with van der Waals surface area (Å²) in [7, 11) is 3.16. The zero-order chi connectivity index (χ0) is 16.8. The third kappa shape index (κ3) is 4.53. The predicted molar refractivity (Wildman–Crippen MR) is 92.7 cm³/mol. The summed E-state index contributed by atoms with van der Waals surface area (Å²) in [4.78, 5) is 12.3. The van der Waals surface area contributed by atoms with Crippen molar-refractivity contribution in [1.82, 2.24) is 0 Å². The molecule has 2 N–H and O–H groups in total. The molecule has 23 heavy (non-hydrogen) atoms. The van der Waals surface area contributed by atoms with Crippen LogP contribution in [0.1, 0.15) is 6.92 Å². The summed E-state index contributed by atoms with van der Waals surface area (Å²) >= 11 is 5.83. The monoisotopic (exact) mass is 334 g/mol. The second-order valence-corrected chi connectivity index (χ2v) is 5.36. The fourth-order valence-corrected chi connectivity index (χ4v) is 2.13. The molecule has 0 aromatic heterocycles. The van der Waals surface area contributed by atoms with Crippen molar-refractivity contribution < 1.29 is 14.3 Å². The molecule has 5 nitrogen and oxygen atoms in total. The van der Waals surface area contributed by atoms with Crippen LogP contribution in [0, 0.1) is 0 Å². The van der Waals surface area contributed by atoms with Gasteiger partial charge in [0.15, 0.2) is 0 Å². The Morgan fingerprint density at radius 2 is 1.78 bits per heavy atom. The maximum atomic E-state index is 12.3. The number of benzene rings is 2. The highest BCUT2D eigenvalue weighted by Gasteiger charge is 2.15. The average molecular weight is 335 g/mol. The van der Waals surface area contributed by atoms with Crippen LogP contribution in [0.4, 0.5) is 11.4 Å². The van der Waals surface area contributed by atoms with E-state index in [2.05, 4.69) is 10.6 Å². The number of nitrogens with one attached hydrogen (secondary N) is 2. The number of ether oxygens (including phenoxy) is 2. The lowest BCUT2D eigenvalue weighted by Gasteiger charge is -2.18. The lowest BCUT2D eigenvalue weighted by atomic mass is 10.2. The normalized spacial score (nSPS) is 11.5. The number of amides is 1. The molecule has 1 amide bonds. The summed E-state index contributed by atoms with van der Waals surface area (Å²) in [5.41, 5.74) is 1.40. The van der Waals surface area contributed by atoms with E-state index >= 15 is 0 Å². The summed E-state index contributed by atoms with van der Waals surface area (Å²) < 4.78 is 10.5. The van der Waals surface area contributed by atoms with Crippen LogP contribution in [-0.2, 0) is 4.79 Å². The van der Waals surface area contributed by atoms with Crippen molar-refractivity contribution in [3.05, 3.63) is 47.5 Å². The van der Waals surface area contributed by atoms with Crippen molar-refractivity contribution in [1.29, 1.82) is 0 Å². The van der Waals surface area contributed by atoms with Gasteiger partial charge in [-0.25, -0.2) is 0 Å². The van der Waals surface area contributed by atoms with Crippen molar-refractivity contribution in [2.45, 2.75) is 13.0 Å². The molecular weight excluding hydrogens is 316 g/mol. The Labute approximate surface area is 140 Å². The van der Waals surface area contributed by atoms with Crippen LogP contribution in [-0.4, -0.2) is 26.2 Å². The van der Waals surface area contributed by atoms with E-state index in [-0.39, 0.29) is 5.91 Å². The summed E-state index contributed by atoms with van der Waals surface area (Å²) in [6.45, 7) is 1.77. The zero-order valence-corrected chi connectivity index (χ0v) is 14.0. The fraction of sp³-hybridized carbons (Fsp3) is 0.235. The van der Waals surface area contributed by atoms with Gasteiger partial charge in [-0.2, -0.15) is 0 Å². The number of halogens is 1. The first-order valence-corrected chi connectivity index (χ1v) is 7.46. The Balaban J connectivity index is 2.04. The fourth-order valence-electron chi connectivity index (χ4n) is 2.00. The third-order valence-electron chi connectivity index (χ3n) is 3.29. The van der Waals surface area contributed by atoms with Crippen LogP contribution >= 0.6 is 11.6 Å². The number of carbonyl (C=O) groups excluding carboxylic acids is 1.